The number of fused-ring (bicyclic) bond motifs is 1. The van der Waals surface area contributed by atoms with E-state index in [1.54, 1.807) is 0 Å². The van der Waals surface area contributed by atoms with Gasteiger partial charge in [0.05, 0.1) is 11.8 Å². The number of carbonyl (C=O) groups is 1. The quantitative estimate of drug-likeness (QED) is 0.795. The molecule has 4 heteroatoms. The molecule has 0 unspecified atom stereocenters. The fourth-order valence-electron chi connectivity index (χ4n) is 3.42. The molecule has 2 atom stereocenters. The van der Waals surface area contributed by atoms with Gasteiger partial charge in [-0.15, -0.1) is 0 Å². The van der Waals surface area contributed by atoms with E-state index in [0.717, 1.165) is 12.1 Å². The van der Waals surface area contributed by atoms with Crippen molar-refractivity contribution in [3.63, 3.8) is 0 Å². The molecule has 3 rings (SSSR count). The third-order valence-corrected chi connectivity index (χ3v) is 4.53. The molecule has 2 heterocycles. The Balaban J connectivity index is 1.95. The van der Waals surface area contributed by atoms with Crippen molar-refractivity contribution in [1.29, 1.82) is 0 Å². The number of hydrogen-bond donors (Lipinski definition) is 1. The first-order valence-corrected chi connectivity index (χ1v) is 7.07. The summed E-state index contributed by atoms with van der Waals surface area (Å²) in [7, 11) is 0. The summed E-state index contributed by atoms with van der Waals surface area (Å²) in [4.78, 5) is 18.4. The highest BCUT2D eigenvalue weighted by molar-refractivity contribution is 5.99. The second kappa shape index (κ2) is 4.60. The lowest BCUT2D eigenvalue weighted by molar-refractivity contribution is -0.125. The Hall–Kier alpha value is -1.86. The van der Waals surface area contributed by atoms with Crippen LogP contribution >= 0.6 is 0 Å². The van der Waals surface area contributed by atoms with Crippen LogP contribution in [-0.2, 0) is 11.2 Å². The van der Waals surface area contributed by atoms with Gasteiger partial charge >= 0.3 is 0 Å². The predicted molar refractivity (Wildman–Crippen MR) is 78.1 cm³/mol. The topological polar surface area (TPSA) is 36.7 Å². The Morgan fingerprint density at radius 2 is 2.20 bits per heavy atom. The van der Waals surface area contributed by atoms with Crippen LogP contribution in [0.15, 0.2) is 24.3 Å². The molecular weight excluding hydrogens is 250 g/mol. The second-order valence-corrected chi connectivity index (χ2v) is 6.15. The van der Waals surface area contributed by atoms with Gasteiger partial charge in [-0.25, -0.2) is 11.5 Å². The minimum atomic E-state index is -0.437. The van der Waals surface area contributed by atoms with Crippen LogP contribution in [0, 0.1) is 12.0 Å². The number of rotatable bonds is 1. The Bertz CT molecular complexity index is 590. The van der Waals surface area contributed by atoms with E-state index < -0.39 is 5.41 Å². The average molecular weight is 269 g/mol. The van der Waals surface area contributed by atoms with Gasteiger partial charge in [0.25, 0.3) is 6.17 Å². The zero-order chi connectivity index (χ0) is 14.3. The Labute approximate surface area is 119 Å². The number of benzene rings is 1. The number of hydrogen-bond acceptors (Lipinski definition) is 2. The van der Waals surface area contributed by atoms with Gasteiger partial charge in [0.2, 0.25) is 5.91 Å². The van der Waals surface area contributed by atoms with Crippen LogP contribution < -0.4 is 5.32 Å². The predicted octanol–water partition coefficient (Wildman–Crippen LogP) is 2.53. The van der Waals surface area contributed by atoms with Crippen molar-refractivity contribution in [3.05, 3.63) is 41.2 Å². The highest BCUT2D eigenvalue weighted by Gasteiger charge is 2.54. The third-order valence-electron chi connectivity index (χ3n) is 4.53. The standard InChI is InChI=1S/C16H19N3O/c1-11(2)19-10-16(9-14(19)17-3)8-12-6-4-5-7-13(12)18-15(16)20/h4-7,11,14H,8-10H2,1-2H3,(H,18,20)/t14-,16-/m0/s1. The Kier molecular flexibility index (Phi) is 3.02. The minimum Gasteiger partial charge on any atom is -0.325 e. The van der Waals surface area contributed by atoms with E-state index in [9.17, 15) is 4.79 Å². The lowest BCUT2D eigenvalue weighted by atomic mass is 9.76. The second-order valence-electron chi connectivity index (χ2n) is 6.15. The summed E-state index contributed by atoms with van der Waals surface area (Å²) < 4.78 is 0. The van der Waals surface area contributed by atoms with Crippen molar-refractivity contribution in [2.24, 2.45) is 5.41 Å². The first kappa shape index (κ1) is 13.1. The molecular formula is C16H19N3O. The van der Waals surface area contributed by atoms with E-state index >= 15 is 0 Å². The molecule has 2 aliphatic rings. The Morgan fingerprint density at radius 1 is 1.45 bits per heavy atom. The van der Waals surface area contributed by atoms with E-state index in [1.807, 2.05) is 18.2 Å². The number of nitrogens with zero attached hydrogens (tertiary/aromatic N) is 2. The van der Waals surface area contributed by atoms with Crippen molar-refractivity contribution in [1.82, 2.24) is 4.90 Å². The van der Waals surface area contributed by atoms with Crippen LogP contribution in [0.2, 0.25) is 0 Å². The van der Waals surface area contributed by atoms with Crippen molar-refractivity contribution >= 4 is 11.6 Å². The van der Waals surface area contributed by atoms with Gasteiger partial charge in [-0.1, -0.05) is 18.2 Å². The molecule has 1 saturated heterocycles. The number of anilines is 1. The summed E-state index contributed by atoms with van der Waals surface area (Å²) in [5, 5.41) is 3.03. The van der Waals surface area contributed by atoms with Crippen molar-refractivity contribution in [2.75, 3.05) is 11.9 Å². The van der Waals surface area contributed by atoms with E-state index in [0.29, 0.717) is 19.0 Å². The summed E-state index contributed by atoms with van der Waals surface area (Å²) in [6.45, 7) is 12.2. The zero-order valence-electron chi connectivity index (χ0n) is 11.9. The van der Waals surface area contributed by atoms with Crippen LogP contribution in [0.3, 0.4) is 0 Å². The maximum atomic E-state index is 12.6. The van der Waals surface area contributed by atoms with Gasteiger partial charge in [0.1, 0.15) is 0 Å². The third kappa shape index (κ3) is 1.90. The first-order valence-electron chi connectivity index (χ1n) is 7.07. The van der Waals surface area contributed by atoms with Crippen molar-refractivity contribution < 1.29 is 4.79 Å². The smallest absolute Gasteiger partial charge is 0.281 e. The van der Waals surface area contributed by atoms with Crippen LogP contribution in [0.25, 0.3) is 4.85 Å². The molecule has 20 heavy (non-hydrogen) atoms. The molecule has 4 nitrogen and oxygen atoms in total. The summed E-state index contributed by atoms with van der Waals surface area (Å²) in [6.07, 6.45) is 1.20. The Morgan fingerprint density at radius 3 is 2.85 bits per heavy atom. The number of para-hydroxylation sites is 1. The zero-order valence-corrected chi connectivity index (χ0v) is 11.9. The molecule has 1 fully saturated rings. The van der Waals surface area contributed by atoms with Gasteiger partial charge in [-0.2, -0.15) is 0 Å². The van der Waals surface area contributed by atoms with Gasteiger partial charge in [-0.3, -0.25) is 9.64 Å². The van der Waals surface area contributed by atoms with Gasteiger partial charge < -0.3 is 5.32 Å². The van der Waals surface area contributed by atoms with Crippen LogP contribution in [0.5, 0.6) is 0 Å². The fourth-order valence-corrected chi connectivity index (χ4v) is 3.42. The molecule has 104 valence electrons. The maximum absolute atomic E-state index is 12.6. The molecule has 1 spiro atoms. The largest absolute Gasteiger partial charge is 0.325 e. The molecule has 0 radical (unpaired) electrons. The van der Waals surface area contributed by atoms with Crippen LogP contribution in [0.4, 0.5) is 5.69 Å². The van der Waals surface area contributed by atoms with Crippen molar-refractivity contribution in [2.45, 2.75) is 38.9 Å². The molecule has 1 amide bonds. The summed E-state index contributed by atoms with van der Waals surface area (Å²) in [6, 6.07) is 8.25. The van der Waals surface area contributed by atoms with Gasteiger partial charge in [0.15, 0.2) is 0 Å². The van der Waals surface area contributed by atoms with E-state index in [-0.39, 0.29) is 12.1 Å². The fraction of sp³-hybridized carbons (Fsp3) is 0.500. The number of carbonyl (C=O) groups excluding carboxylic acids is 1. The molecule has 0 saturated carbocycles. The van der Waals surface area contributed by atoms with E-state index in [1.165, 1.54) is 5.56 Å². The molecule has 0 aromatic heterocycles. The number of nitrogens with one attached hydrogen (secondary N) is 1. The van der Waals surface area contributed by atoms with Gasteiger partial charge in [0, 0.05) is 18.3 Å². The number of likely N-dealkylation sites (tertiary alicyclic amines) is 1. The first-order chi connectivity index (χ1) is 9.55. The normalized spacial score (nSPS) is 29.3. The molecule has 2 aliphatic heterocycles. The maximum Gasteiger partial charge on any atom is 0.281 e. The lowest BCUT2D eigenvalue weighted by Gasteiger charge is -2.33. The van der Waals surface area contributed by atoms with Gasteiger partial charge in [-0.05, 0) is 31.9 Å². The van der Waals surface area contributed by atoms with Crippen LogP contribution in [-0.4, -0.2) is 29.6 Å². The molecule has 0 bridgehead atoms. The SMILES string of the molecule is [C-]#[N+][C@@H]1C[C@@]2(Cc3ccccc3NC2=O)CN1C(C)C. The summed E-state index contributed by atoms with van der Waals surface area (Å²) in [5.74, 6) is 0.0769. The van der Waals surface area contributed by atoms with E-state index in [4.69, 9.17) is 6.57 Å². The molecule has 1 aromatic rings. The lowest BCUT2D eigenvalue weighted by Crippen LogP contribution is -2.44. The number of amides is 1. The average Bonchev–Trinajstić information content (AvgIpc) is 2.80. The summed E-state index contributed by atoms with van der Waals surface area (Å²) in [5.41, 5.74) is 1.67. The monoisotopic (exact) mass is 269 g/mol. The van der Waals surface area contributed by atoms with Crippen molar-refractivity contribution in [3.8, 4) is 0 Å². The molecule has 0 aliphatic carbocycles. The highest BCUT2D eigenvalue weighted by Crippen LogP contribution is 2.44. The van der Waals surface area contributed by atoms with Crippen LogP contribution in [0.1, 0.15) is 25.8 Å². The molecule has 1 aromatic carbocycles. The van der Waals surface area contributed by atoms with E-state index in [2.05, 4.69) is 35.0 Å². The minimum absolute atomic E-state index is 0.0769. The highest BCUT2D eigenvalue weighted by atomic mass is 16.2. The summed E-state index contributed by atoms with van der Waals surface area (Å²) >= 11 is 0. The molecule has 1 N–H and O–H groups in total.